The molecule has 88 valence electrons. The van der Waals surface area contributed by atoms with E-state index in [9.17, 15) is 4.79 Å². The Labute approximate surface area is 109 Å². The maximum atomic E-state index is 11.5. The number of carbonyl (C=O) groups excluding carboxylic acids is 1. The van der Waals surface area contributed by atoms with Gasteiger partial charge in [-0.25, -0.2) is 0 Å². The first-order valence-corrected chi connectivity index (χ1v) is 5.82. The van der Waals surface area contributed by atoms with Gasteiger partial charge in [-0.2, -0.15) is 0 Å². The van der Waals surface area contributed by atoms with Crippen molar-refractivity contribution in [1.29, 1.82) is 0 Å². The van der Waals surface area contributed by atoms with Gasteiger partial charge in [0, 0.05) is 0 Å². The van der Waals surface area contributed by atoms with E-state index in [0.29, 0.717) is 0 Å². The number of benzene rings is 1. The molecule has 5 heteroatoms. The number of hydrogen-bond donors (Lipinski definition) is 0. The first kappa shape index (κ1) is 13.6. The summed E-state index contributed by atoms with van der Waals surface area (Å²) in [7, 11) is 0. The van der Waals surface area contributed by atoms with E-state index in [1.165, 1.54) is 6.92 Å². The number of ether oxygens (including phenoxy) is 1. The molecule has 1 atom stereocenters. The molecule has 0 aromatic heterocycles. The Hall–Kier alpha value is -0.440. The lowest BCUT2D eigenvalue weighted by atomic mass is 10.2. The highest BCUT2D eigenvalue weighted by atomic mass is 35.6. The zero-order chi connectivity index (χ0) is 12.2. The molecule has 0 aliphatic carbocycles. The molecule has 0 saturated carbocycles. The normalized spacial score (nSPS) is 13.2. The monoisotopic (exact) mass is 280 g/mol. The highest BCUT2D eigenvalue weighted by Crippen LogP contribution is 2.35. The van der Waals surface area contributed by atoms with Gasteiger partial charge in [0.1, 0.15) is 12.5 Å². The Kier molecular flexibility index (Phi) is 4.90. The molecule has 1 aromatic rings. The lowest BCUT2D eigenvalue weighted by Crippen LogP contribution is -2.26. The standard InChI is InChI=1S/C11H11Cl3O2/c1-8(11(12,13)14)10(15)16-7-9-5-3-2-4-6-9/h2-6,8H,7H2,1H3. The molecule has 0 spiro atoms. The topological polar surface area (TPSA) is 26.3 Å². The molecule has 0 aliphatic rings. The lowest BCUT2D eigenvalue weighted by Gasteiger charge is -2.18. The van der Waals surface area contributed by atoms with E-state index >= 15 is 0 Å². The van der Waals surface area contributed by atoms with Crippen LogP contribution in [0.15, 0.2) is 30.3 Å². The van der Waals surface area contributed by atoms with E-state index < -0.39 is 15.7 Å². The van der Waals surface area contributed by atoms with Gasteiger partial charge < -0.3 is 4.74 Å². The Morgan fingerprint density at radius 1 is 1.31 bits per heavy atom. The van der Waals surface area contributed by atoms with E-state index in [4.69, 9.17) is 39.5 Å². The number of hydrogen-bond acceptors (Lipinski definition) is 2. The van der Waals surface area contributed by atoms with Crippen LogP contribution in [0.1, 0.15) is 12.5 Å². The second-order valence-electron chi connectivity index (χ2n) is 3.36. The molecule has 0 N–H and O–H groups in total. The average molecular weight is 282 g/mol. The predicted octanol–water partition coefficient (Wildman–Crippen LogP) is 3.74. The fraction of sp³-hybridized carbons (Fsp3) is 0.364. The van der Waals surface area contributed by atoms with Crippen LogP contribution in [-0.2, 0) is 16.1 Å². The highest BCUT2D eigenvalue weighted by Gasteiger charge is 2.35. The van der Waals surface area contributed by atoms with E-state index in [2.05, 4.69) is 0 Å². The number of alkyl halides is 3. The maximum Gasteiger partial charge on any atom is 0.313 e. The van der Waals surface area contributed by atoms with Crippen molar-refractivity contribution in [3.8, 4) is 0 Å². The van der Waals surface area contributed by atoms with E-state index in [1.807, 2.05) is 30.3 Å². The largest absolute Gasteiger partial charge is 0.460 e. The molecule has 0 heterocycles. The minimum absolute atomic E-state index is 0.185. The van der Waals surface area contributed by atoms with Crippen molar-refractivity contribution in [1.82, 2.24) is 0 Å². The first-order chi connectivity index (χ1) is 7.41. The van der Waals surface area contributed by atoms with Crippen molar-refractivity contribution in [2.45, 2.75) is 17.3 Å². The van der Waals surface area contributed by atoms with Crippen molar-refractivity contribution >= 4 is 40.8 Å². The Morgan fingerprint density at radius 3 is 2.38 bits per heavy atom. The molecule has 0 saturated heterocycles. The Bertz CT molecular complexity index is 346. The van der Waals surface area contributed by atoms with Gasteiger partial charge in [-0.1, -0.05) is 65.1 Å². The number of carbonyl (C=O) groups is 1. The molecular weight excluding hydrogens is 270 g/mol. The molecule has 1 unspecified atom stereocenters. The van der Waals surface area contributed by atoms with Gasteiger partial charge in [0.15, 0.2) is 0 Å². The third-order valence-corrected chi connectivity index (χ3v) is 3.05. The average Bonchev–Trinajstić information content (AvgIpc) is 2.25. The molecule has 0 amide bonds. The smallest absolute Gasteiger partial charge is 0.313 e. The number of halogens is 3. The van der Waals surface area contributed by atoms with Gasteiger partial charge in [-0.05, 0) is 12.5 Å². The second kappa shape index (κ2) is 5.76. The van der Waals surface area contributed by atoms with E-state index in [-0.39, 0.29) is 6.61 Å². The van der Waals surface area contributed by atoms with Crippen LogP contribution >= 0.6 is 34.8 Å². The summed E-state index contributed by atoms with van der Waals surface area (Å²) in [5, 5.41) is 0. The highest BCUT2D eigenvalue weighted by molar-refractivity contribution is 6.68. The summed E-state index contributed by atoms with van der Waals surface area (Å²) < 4.78 is 3.39. The van der Waals surface area contributed by atoms with Crippen molar-refractivity contribution < 1.29 is 9.53 Å². The van der Waals surface area contributed by atoms with Crippen molar-refractivity contribution in [2.75, 3.05) is 0 Å². The van der Waals surface area contributed by atoms with Gasteiger partial charge in [-0.15, -0.1) is 0 Å². The molecule has 0 aliphatic heterocycles. The third kappa shape index (κ3) is 4.20. The lowest BCUT2D eigenvalue weighted by molar-refractivity contribution is -0.149. The quantitative estimate of drug-likeness (QED) is 0.623. The molecule has 1 rings (SSSR count). The van der Waals surface area contributed by atoms with Crippen molar-refractivity contribution in [3.63, 3.8) is 0 Å². The summed E-state index contributed by atoms with van der Waals surface area (Å²) in [6.45, 7) is 1.70. The summed E-state index contributed by atoms with van der Waals surface area (Å²) in [6.07, 6.45) is 0. The number of esters is 1. The summed E-state index contributed by atoms with van der Waals surface area (Å²) in [4.78, 5) is 11.5. The van der Waals surface area contributed by atoms with Gasteiger partial charge in [0.2, 0.25) is 3.79 Å². The fourth-order valence-corrected chi connectivity index (χ4v) is 1.25. The van der Waals surface area contributed by atoms with Gasteiger partial charge in [0.05, 0.1) is 0 Å². The molecule has 16 heavy (non-hydrogen) atoms. The van der Waals surface area contributed by atoms with Gasteiger partial charge >= 0.3 is 5.97 Å². The summed E-state index contributed by atoms with van der Waals surface area (Å²) >= 11 is 16.8. The number of rotatable bonds is 3. The first-order valence-electron chi connectivity index (χ1n) is 4.68. The predicted molar refractivity (Wildman–Crippen MR) is 65.7 cm³/mol. The summed E-state index contributed by atoms with van der Waals surface area (Å²) in [5.41, 5.74) is 0.896. The van der Waals surface area contributed by atoms with E-state index in [0.717, 1.165) is 5.56 Å². The zero-order valence-electron chi connectivity index (χ0n) is 8.62. The van der Waals surface area contributed by atoms with Crippen LogP contribution in [-0.4, -0.2) is 9.76 Å². The van der Waals surface area contributed by atoms with Crippen LogP contribution in [0.5, 0.6) is 0 Å². The Morgan fingerprint density at radius 2 is 1.88 bits per heavy atom. The van der Waals surface area contributed by atoms with Crippen LogP contribution in [0.2, 0.25) is 0 Å². The molecule has 0 bridgehead atoms. The van der Waals surface area contributed by atoms with Crippen LogP contribution in [0.3, 0.4) is 0 Å². The molecule has 1 aromatic carbocycles. The van der Waals surface area contributed by atoms with Gasteiger partial charge in [-0.3, -0.25) is 4.79 Å². The molecular formula is C11H11Cl3O2. The fourth-order valence-electron chi connectivity index (χ4n) is 0.987. The Balaban J connectivity index is 2.48. The summed E-state index contributed by atoms with van der Waals surface area (Å²) in [5.74, 6) is -1.31. The molecule has 0 radical (unpaired) electrons. The SMILES string of the molecule is CC(C(=O)OCc1ccccc1)C(Cl)(Cl)Cl. The van der Waals surface area contributed by atoms with Crippen LogP contribution in [0, 0.1) is 5.92 Å². The minimum atomic E-state index is -1.63. The zero-order valence-corrected chi connectivity index (χ0v) is 10.9. The minimum Gasteiger partial charge on any atom is -0.460 e. The van der Waals surface area contributed by atoms with Crippen LogP contribution < -0.4 is 0 Å². The van der Waals surface area contributed by atoms with E-state index in [1.54, 1.807) is 0 Å². The van der Waals surface area contributed by atoms with Crippen LogP contribution in [0.25, 0.3) is 0 Å². The van der Waals surface area contributed by atoms with Crippen molar-refractivity contribution in [2.24, 2.45) is 5.92 Å². The second-order valence-corrected chi connectivity index (χ2v) is 5.73. The third-order valence-electron chi connectivity index (χ3n) is 2.07. The molecule has 0 fully saturated rings. The van der Waals surface area contributed by atoms with Crippen LogP contribution in [0.4, 0.5) is 0 Å². The summed E-state index contributed by atoms with van der Waals surface area (Å²) in [6, 6.07) is 9.32. The molecule has 2 nitrogen and oxygen atoms in total. The maximum absolute atomic E-state index is 11.5. The van der Waals surface area contributed by atoms with Crippen molar-refractivity contribution in [3.05, 3.63) is 35.9 Å². The van der Waals surface area contributed by atoms with Gasteiger partial charge in [0.25, 0.3) is 0 Å².